The SMILES string of the molecule is Cn1ccc(NCC(=O)OC(C)(C)C)n1. The van der Waals surface area contributed by atoms with Crippen molar-refractivity contribution in [1.82, 2.24) is 9.78 Å². The normalized spacial score (nSPS) is 11.2. The zero-order valence-electron chi connectivity index (χ0n) is 9.57. The monoisotopic (exact) mass is 211 g/mol. The molecule has 0 atom stereocenters. The average Bonchev–Trinajstić information content (AvgIpc) is 2.45. The molecule has 15 heavy (non-hydrogen) atoms. The van der Waals surface area contributed by atoms with Crippen LogP contribution >= 0.6 is 0 Å². The van der Waals surface area contributed by atoms with Gasteiger partial charge in [-0.3, -0.25) is 9.48 Å². The lowest BCUT2D eigenvalue weighted by molar-refractivity contribution is -0.152. The molecule has 0 saturated heterocycles. The van der Waals surface area contributed by atoms with Crippen LogP contribution in [0.4, 0.5) is 5.82 Å². The van der Waals surface area contributed by atoms with Crippen molar-refractivity contribution in [1.29, 1.82) is 0 Å². The fourth-order valence-electron chi connectivity index (χ4n) is 1.05. The van der Waals surface area contributed by atoms with Crippen molar-refractivity contribution < 1.29 is 9.53 Å². The third-order valence-electron chi connectivity index (χ3n) is 1.55. The van der Waals surface area contributed by atoms with Gasteiger partial charge in [0.2, 0.25) is 0 Å². The van der Waals surface area contributed by atoms with Gasteiger partial charge in [0, 0.05) is 19.3 Å². The Morgan fingerprint density at radius 1 is 1.60 bits per heavy atom. The Balaban J connectivity index is 2.35. The minimum absolute atomic E-state index is 0.133. The fourth-order valence-corrected chi connectivity index (χ4v) is 1.05. The van der Waals surface area contributed by atoms with Crippen molar-refractivity contribution in [2.75, 3.05) is 11.9 Å². The topological polar surface area (TPSA) is 56.2 Å². The summed E-state index contributed by atoms with van der Waals surface area (Å²) in [5, 5.41) is 6.96. The van der Waals surface area contributed by atoms with E-state index in [1.807, 2.05) is 27.8 Å². The highest BCUT2D eigenvalue weighted by Gasteiger charge is 2.15. The second kappa shape index (κ2) is 4.33. The molecule has 1 N–H and O–H groups in total. The number of hydrogen-bond donors (Lipinski definition) is 1. The first-order chi connectivity index (χ1) is 6.87. The number of aryl methyl sites for hydroxylation is 1. The molecule has 0 aromatic carbocycles. The van der Waals surface area contributed by atoms with Crippen LogP contribution in [0.3, 0.4) is 0 Å². The quantitative estimate of drug-likeness (QED) is 0.763. The minimum atomic E-state index is -0.442. The highest BCUT2D eigenvalue weighted by Crippen LogP contribution is 2.07. The molecule has 1 heterocycles. The lowest BCUT2D eigenvalue weighted by Crippen LogP contribution is -2.28. The van der Waals surface area contributed by atoms with E-state index in [-0.39, 0.29) is 12.5 Å². The highest BCUT2D eigenvalue weighted by atomic mass is 16.6. The van der Waals surface area contributed by atoms with Crippen LogP contribution in [0.2, 0.25) is 0 Å². The van der Waals surface area contributed by atoms with Crippen LogP contribution in [0, 0.1) is 0 Å². The summed E-state index contributed by atoms with van der Waals surface area (Å²) in [6.45, 7) is 5.65. The molecule has 1 rings (SSSR count). The molecule has 0 saturated carbocycles. The summed E-state index contributed by atoms with van der Waals surface area (Å²) in [6.07, 6.45) is 1.80. The predicted molar refractivity (Wildman–Crippen MR) is 57.5 cm³/mol. The molecule has 0 radical (unpaired) electrons. The number of hydrogen-bond acceptors (Lipinski definition) is 4. The second-order valence-corrected chi connectivity index (χ2v) is 4.31. The first kappa shape index (κ1) is 11.6. The Hall–Kier alpha value is -1.52. The number of carbonyl (C=O) groups excluding carboxylic acids is 1. The van der Waals surface area contributed by atoms with E-state index in [1.54, 1.807) is 16.9 Å². The van der Waals surface area contributed by atoms with Crippen LogP contribution in [-0.2, 0) is 16.6 Å². The number of esters is 1. The van der Waals surface area contributed by atoms with Gasteiger partial charge in [-0.1, -0.05) is 0 Å². The van der Waals surface area contributed by atoms with Crippen molar-refractivity contribution in [2.45, 2.75) is 26.4 Å². The number of rotatable bonds is 3. The molecule has 1 aromatic heterocycles. The summed E-state index contributed by atoms with van der Waals surface area (Å²) in [6, 6.07) is 1.80. The van der Waals surface area contributed by atoms with E-state index in [1.165, 1.54) is 0 Å². The lowest BCUT2D eigenvalue weighted by atomic mass is 10.2. The maximum atomic E-state index is 11.3. The molecule has 84 valence electrons. The number of aromatic nitrogens is 2. The van der Waals surface area contributed by atoms with Crippen LogP contribution < -0.4 is 5.32 Å². The van der Waals surface area contributed by atoms with E-state index in [9.17, 15) is 4.79 Å². The van der Waals surface area contributed by atoms with Gasteiger partial charge < -0.3 is 10.1 Å². The summed E-state index contributed by atoms with van der Waals surface area (Å²) >= 11 is 0. The molecule has 0 spiro atoms. The van der Waals surface area contributed by atoms with E-state index in [2.05, 4.69) is 10.4 Å². The largest absolute Gasteiger partial charge is 0.459 e. The van der Waals surface area contributed by atoms with E-state index in [4.69, 9.17) is 4.74 Å². The van der Waals surface area contributed by atoms with Crippen molar-refractivity contribution in [3.05, 3.63) is 12.3 Å². The molecule has 5 nitrogen and oxygen atoms in total. The third kappa shape index (κ3) is 4.49. The summed E-state index contributed by atoms with van der Waals surface area (Å²) in [5.41, 5.74) is -0.442. The summed E-state index contributed by atoms with van der Waals surface area (Å²) < 4.78 is 6.79. The summed E-state index contributed by atoms with van der Waals surface area (Å²) in [5.74, 6) is 0.386. The van der Waals surface area contributed by atoms with Crippen molar-refractivity contribution in [2.24, 2.45) is 7.05 Å². The fraction of sp³-hybridized carbons (Fsp3) is 0.600. The molecule has 0 aliphatic rings. The number of ether oxygens (including phenoxy) is 1. The van der Waals surface area contributed by atoms with Gasteiger partial charge in [-0.05, 0) is 20.8 Å². The maximum absolute atomic E-state index is 11.3. The van der Waals surface area contributed by atoms with Crippen LogP contribution in [0.1, 0.15) is 20.8 Å². The Bertz CT molecular complexity index is 339. The van der Waals surface area contributed by atoms with Gasteiger partial charge in [0.05, 0.1) is 0 Å². The Kier molecular flexibility index (Phi) is 3.34. The van der Waals surface area contributed by atoms with E-state index >= 15 is 0 Å². The van der Waals surface area contributed by atoms with Crippen molar-refractivity contribution in [3.8, 4) is 0 Å². The third-order valence-corrected chi connectivity index (χ3v) is 1.55. The molecule has 0 amide bonds. The van der Waals surface area contributed by atoms with Gasteiger partial charge in [0.1, 0.15) is 18.0 Å². The van der Waals surface area contributed by atoms with E-state index in [0.29, 0.717) is 5.82 Å². The molecular weight excluding hydrogens is 194 g/mol. The standard InChI is InChI=1S/C10H17N3O2/c1-10(2,3)15-9(14)7-11-8-5-6-13(4)12-8/h5-6H,7H2,1-4H3,(H,11,12). The van der Waals surface area contributed by atoms with Gasteiger partial charge in [-0.25, -0.2) is 0 Å². The lowest BCUT2D eigenvalue weighted by Gasteiger charge is -2.19. The van der Waals surface area contributed by atoms with Gasteiger partial charge in [0.15, 0.2) is 0 Å². The Labute approximate surface area is 89.4 Å². The number of nitrogens with zero attached hydrogens (tertiary/aromatic N) is 2. The summed E-state index contributed by atoms with van der Waals surface area (Å²) in [7, 11) is 1.82. The zero-order chi connectivity index (χ0) is 11.5. The van der Waals surface area contributed by atoms with Crippen molar-refractivity contribution in [3.63, 3.8) is 0 Å². The molecule has 5 heteroatoms. The van der Waals surface area contributed by atoms with Crippen LogP contribution in [0.25, 0.3) is 0 Å². The molecule has 0 aliphatic heterocycles. The van der Waals surface area contributed by atoms with Crippen LogP contribution in [0.15, 0.2) is 12.3 Å². The van der Waals surface area contributed by atoms with E-state index in [0.717, 1.165) is 0 Å². The molecule has 0 unspecified atom stereocenters. The van der Waals surface area contributed by atoms with Crippen LogP contribution in [0.5, 0.6) is 0 Å². The second-order valence-electron chi connectivity index (χ2n) is 4.31. The number of carbonyl (C=O) groups is 1. The van der Waals surface area contributed by atoms with Gasteiger partial charge in [-0.15, -0.1) is 0 Å². The predicted octanol–water partition coefficient (Wildman–Crippen LogP) is 1.17. The first-order valence-corrected chi connectivity index (χ1v) is 4.82. The van der Waals surface area contributed by atoms with Gasteiger partial charge in [-0.2, -0.15) is 5.10 Å². The first-order valence-electron chi connectivity index (χ1n) is 4.82. The molecule has 0 bridgehead atoms. The highest BCUT2D eigenvalue weighted by molar-refractivity contribution is 5.74. The van der Waals surface area contributed by atoms with E-state index < -0.39 is 5.60 Å². The molecular formula is C10H17N3O2. The Morgan fingerprint density at radius 3 is 2.73 bits per heavy atom. The Morgan fingerprint density at radius 2 is 2.27 bits per heavy atom. The molecule has 1 aromatic rings. The minimum Gasteiger partial charge on any atom is -0.459 e. The van der Waals surface area contributed by atoms with Gasteiger partial charge in [0.25, 0.3) is 0 Å². The van der Waals surface area contributed by atoms with Crippen molar-refractivity contribution >= 4 is 11.8 Å². The summed E-state index contributed by atoms with van der Waals surface area (Å²) in [4.78, 5) is 11.3. The van der Waals surface area contributed by atoms with Gasteiger partial charge >= 0.3 is 5.97 Å². The number of nitrogens with one attached hydrogen (secondary N) is 1. The molecule has 0 fully saturated rings. The number of anilines is 1. The molecule has 0 aliphatic carbocycles. The zero-order valence-corrected chi connectivity index (χ0v) is 9.57. The van der Waals surface area contributed by atoms with Crippen LogP contribution in [-0.4, -0.2) is 27.9 Å². The maximum Gasteiger partial charge on any atom is 0.325 e. The average molecular weight is 211 g/mol. The smallest absolute Gasteiger partial charge is 0.325 e.